The number of rotatable bonds is 8. The fourth-order valence-electron chi connectivity index (χ4n) is 5.89. The molecule has 9 heteroatoms. The predicted octanol–water partition coefficient (Wildman–Crippen LogP) is 5.06. The van der Waals surface area contributed by atoms with Gasteiger partial charge in [0, 0.05) is 29.9 Å². The number of fused-ring (bicyclic) bond motifs is 2. The molecule has 1 aliphatic carbocycles. The molecule has 2 aliphatic rings. The number of aromatic nitrogens is 3. The Balaban J connectivity index is 1.43. The molecule has 39 heavy (non-hydrogen) atoms. The van der Waals surface area contributed by atoms with Crippen LogP contribution >= 0.6 is 0 Å². The normalized spacial score (nSPS) is 19.1. The number of aromatic hydroxyl groups is 1. The molecular formula is C30H35FN6O2. The van der Waals surface area contributed by atoms with Crippen LogP contribution in [0.1, 0.15) is 32.1 Å². The fraction of sp³-hybridized carbons (Fsp3) is 0.433. The van der Waals surface area contributed by atoms with Gasteiger partial charge in [-0.25, -0.2) is 4.39 Å². The molecule has 0 bridgehead atoms. The van der Waals surface area contributed by atoms with Crippen LogP contribution in [0, 0.1) is 5.82 Å². The van der Waals surface area contributed by atoms with Crippen molar-refractivity contribution in [2.45, 2.75) is 43.7 Å². The van der Waals surface area contributed by atoms with Crippen LogP contribution < -0.4 is 10.1 Å². The minimum Gasteiger partial charge on any atom is -0.508 e. The Hall–Kier alpha value is -3.56. The first kappa shape index (κ1) is 25.7. The van der Waals surface area contributed by atoms with E-state index in [4.69, 9.17) is 4.74 Å². The summed E-state index contributed by atoms with van der Waals surface area (Å²) >= 11 is 0. The summed E-state index contributed by atoms with van der Waals surface area (Å²) < 4.78 is 22.4. The number of anilines is 1. The number of phenols is 1. The van der Waals surface area contributed by atoms with Crippen LogP contribution in [0.4, 0.5) is 10.2 Å². The van der Waals surface area contributed by atoms with Crippen molar-refractivity contribution in [3.63, 3.8) is 0 Å². The highest BCUT2D eigenvalue weighted by Gasteiger charge is 2.39. The van der Waals surface area contributed by atoms with E-state index in [9.17, 15) is 5.11 Å². The third-order valence-electron chi connectivity index (χ3n) is 8.66. The smallest absolute Gasteiger partial charge is 0.319 e. The van der Waals surface area contributed by atoms with Crippen LogP contribution in [0.2, 0.25) is 0 Å². The molecule has 1 atom stereocenters. The van der Waals surface area contributed by atoms with Gasteiger partial charge < -0.3 is 25.0 Å². The number of phenolic OH excluding ortho intramolecular Hbond substituents is 1. The minimum absolute atomic E-state index is 0.0389. The summed E-state index contributed by atoms with van der Waals surface area (Å²) in [5.74, 6) is -0.00153. The molecule has 6 rings (SSSR count). The van der Waals surface area contributed by atoms with Gasteiger partial charge in [-0.1, -0.05) is 24.3 Å². The zero-order chi connectivity index (χ0) is 27.1. The summed E-state index contributed by atoms with van der Waals surface area (Å²) in [4.78, 5) is 18.3. The fourth-order valence-corrected chi connectivity index (χ4v) is 5.89. The van der Waals surface area contributed by atoms with E-state index in [2.05, 4.69) is 51.2 Å². The summed E-state index contributed by atoms with van der Waals surface area (Å²) in [5.41, 5.74) is 0.822. The quantitative estimate of drug-likeness (QED) is 0.327. The molecule has 3 heterocycles. The number of likely N-dealkylation sites (tertiary alicyclic amines) is 1. The average Bonchev–Trinajstić information content (AvgIpc) is 3.31. The third kappa shape index (κ3) is 4.74. The number of ether oxygens (including phenoxy) is 1. The number of hydrogen-bond donors (Lipinski definition) is 2. The van der Waals surface area contributed by atoms with Crippen LogP contribution in [-0.4, -0.2) is 82.3 Å². The van der Waals surface area contributed by atoms with Crippen molar-refractivity contribution in [3.05, 3.63) is 48.4 Å². The predicted molar refractivity (Wildman–Crippen MR) is 152 cm³/mol. The van der Waals surface area contributed by atoms with Gasteiger partial charge in [-0.3, -0.25) is 4.98 Å². The first-order valence-electron chi connectivity index (χ1n) is 13.7. The van der Waals surface area contributed by atoms with Crippen LogP contribution in [0.5, 0.6) is 11.8 Å². The highest BCUT2D eigenvalue weighted by atomic mass is 19.1. The molecule has 8 nitrogen and oxygen atoms in total. The molecule has 1 saturated carbocycles. The second kappa shape index (κ2) is 10.2. The summed E-state index contributed by atoms with van der Waals surface area (Å²) in [7, 11) is 6.28. The Bertz CT molecular complexity index is 1520. The molecule has 2 aromatic heterocycles. The SMILES string of the molecule is CN1CCC[C@@H]1COc1nc(NCC2(N(C)C)CCC2)c2cnc(-c3cc(O)cc4ccccc34)c(F)c2n1. The van der Waals surface area contributed by atoms with Crippen molar-refractivity contribution >= 4 is 27.5 Å². The highest BCUT2D eigenvalue weighted by molar-refractivity contribution is 5.99. The van der Waals surface area contributed by atoms with Gasteiger partial charge in [0.25, 0.3) is 0 Å². The van der Waals surface area contributed by atoms with Gasteiger partial charge in [0.2, 0.25) is 0 Å². The van der Waals surface area contributed by atoms with Crippen molar-refractivity contribution in [2.75, 3.05) is 46.2 Å². The average molecular weight is 531 g/mol. The molecule has 0 spiro atoms. The van der Waals surface area contributed by atoms with Crippen molar-refractivity contribution in [1.82, 2.24) is 24.8 Å². The molecule has 0 amide bonds. The number of benzene rings is 2. The van der Waals surface area contributed by atoms with Gasteiger partial charge >= 0.3 is 6.01 Å². The molecule has 204 valence electrons. The Kier molecular flexibility index (Phi) is 6.72. The van der Waals surface area contributed by atoms with E-state index >= 15 is 4.39 Å². The maximum absolute atomic E-state index is 16.3. The monoisotopic (exact) mass is 530 g/mol. The van der Waals surface area contributed by atoms with Gasteiger partial charge in [-0.2, -0.15) is 9.97 Å². The zero-order valence-electron chi connectivity index (χ0n) is 22.7. The summed E-state index contributed by atoms with van der Waals surface area (Å²) in [6, 6.07) is 11.2. The highest BCUT2D eigenvalue weighted by Crippen LogP contribution is 2.38. The third-order valence-corrected chi connectivity index (χ3v) is 8.66. The number of likely N-dealkylation sites (N-methyl/N-ethyl adjacent to an activating group) is 2. The maximum atomic E-state index is 16.3. The van der Waals surface area contributed by atoms with E-state index in [0.29, 0.717) is 29.9 Å². The molecular weight excluding hydrogens is 495 g/mol. The number of pyridine rings is 1. The van der Waals surface area contributed by atoms with Gasteiger partial charge in [-0.05, 0) is 82.7 Å². The van der Waals surface area contributed by atoms with E-state index in [1.54, 1.807) is 18.3 Å². The van der Waals surface area contributed by atoms with Gasteiger partial charge in [0.05, 0.1) is 5.39 Å². The lowest BCUT2D eigenvalue weighted by atomic mass is 9.75. The Morgan fingerprint density at radius 3 is 2.69 bits per heavy atom. The van der Waals surface area contributed by atoms with E-state index in [0.717, 1.165) is 43.0 Å². The van der Waals surface area contributed by atoms with Crippen molar-refractivity contribution in [1.29, 1.82) is 0 Å². The summed E-state index contributed by atoms with van der Waals surface area (Å²) in [6.45, 7) is 2.16. The molecule has 1 aliphatic heterocycles. The number of nitrogens with zero attached hydrogens (tertiary/aromatic N) is 5. The molecule has 2 N–H and O–H groups in total. The molecule has 1 saturated heterocycles. The second-order valence-electron chi connectivity index (χ2n) is 11.2. The molecule has 0 unspecified atom stereocenters. The first-order valence-corrected chi connectivity index (χ1v) is 13.7. The Morgan fingerprint density at radius 1 is 1.15 bits per heavy atom. The maximum Gasteiger partial charge on any atom is 0.319 e. The van der Waals surface area contributed by atoms with Crippen LogP contribution in [0.25, 0.3) is 32.9 Å². The Labute approximate surface area is 227 Å². The van der Waals surface area contributed by atoms with Crippen molar-refractivity contribution < 1.29 is 14.2 Å². The van der Waals surface area contributed by atoms with Gasteiger partial charge in [0.15, 0.2) is 5.82 Å². The zero-order valence-corrected chi connectivity index (χ0v) is 22.7. The number of nitrogens with one attached hydrogen (secondary N) is 1. The van der Waals surface area contributed by atoms with E-state index in [-0.39, 0.29) is 34.6 Å². The van der Waals surface area contributed by atoms with Crippen LogP contribution in [-0.2, 0) is 0 Å². The topological polar surface area (TPSA) is 86.6 Å². The largest absolute Gasteiger partial charge is 0.508 e. The second-order valence-corrected chi connectivity index (χ2v) is 11.2. The van der Waals surface area contributed by atoms with E-state index in [1.807, 2.05) is 24.3 Å². The minimum atomic E-state index is -0.567. The summed E-state index contributed by atoms with van der Waals surface area (Å²) in [6.07, 6.45) is 7.17. The van der Waals surface area contributed by atoms with E-state index < -0.39 is 5.82 Å². The molecule has 2 aromatic carbocycles. The van der Waals surface area contributed by atoms with Gasteiger partial charge in [-0.15, -0.1) is 0 Å². The lowest BCUT2D eigenvalue weighted by Crippen LogP contribution is -2.54. The van der Waals surface area contributed by atoms with Crippen molar-refractivity contribution in [3.8, 4) is 23.0 Å². The number of halogens is 1. The molecule has 4 aromatic rings. The van der Waals surface area contributed by atoms with Crippen molar-refractivity contribution in [2.24, 2.45) is 0 Å². The summed E-state index contributed by atoms with van der Waals surface area (Å²) in [5, 5.41) is 16.0. The lowest BCUT2D eigenvalue weighted by Gasteiger charge is -2.47. The molecule has 2 fully saturated rings. The van der Waals surface area contributed by atoms with Crippen LogP contribution in [0.15, 0.2) is 42.6 Å². The standard InChI is InChI=1S/C30H35FN6O2/c1-36(2)30(11-7-12-30)18-33-28-24-16-32-26(23-15-21(38)14-19-8-4-5-10-22(19)23)25(31)27(24)34-29(35-28)39-17-20-9-6-13-37(20)3/h4-5,8,10,14-16,20,38H,6-7,9,11-13,17-18H2,1-3H3,(H,33,34,35)/t20-/m1/s1. The molecule has 0 radical (unpaired) electrons. The lowest BCUT2D eigenvalue weighted by molar-refractivity contribution is 0.0738. The first-order chi connectivity index (χ1) is 18.8. The van der Waals surface area contributed by atoms with E-state index in [1.165, 1.54) is 6.42 Å². The number of hydrogen-bond acceptors (Lipinski definition) is 8. The van der Waals surface area contributed by atoms with Crippen LogP contribution in [0.3, 0.4) is 0 Å². The van der Waals surface area contributed by atoms with Gasteiger partial charge in [0.1, 0.15) is 29.4 Å². The Morgan fingerprint density at radius 2 is 1.97 bits per heavy atom.